The molecule has 0 radical (unpaired) electrons. The maximum Gasteiger partial charge on any atom is 0.152 e. The number of anilines is 3. The van der Waals surface area contributed by atoms with Crippen LogP contribution in [0.5, 0.6) is 0 Å². The van der Waals surface area contributed by atoms with Gasteiger partial charge in [0, 0.05) is 29.0 Å². The Morgan fingerprint density at radius 2 is 1.70 bits per heavy atom. The van der Waals surface area contributed by atoms with Crippen LogP contribution in [-0.4, -0.2) is 16.7 Å². The molecular formula is C18H19ClN4. The van der Waals surface area contributed by atoms with E-state index in [0.29, 0.717) is 0 Å². The summed E-state index contributed by atoms with van der Waals surface area (Å²) in [5, 5.41) is 14.7. The molecule has 0 aliphatic carbocycles. The van der Waals surface area contributed by atoms with Crippen LogP contribution >= 0.6 is 11.6 Å². The van der Waals surface area contributed by atoms with Gasteiger partial charge >= 0.3 is 0 Å². The summed E-state index contributed by atoms with van der Waals surface area (Å²) in [5.74, 6) is 0.782. The number of hydrogen-bond acceptors (Lipinski definition) is 3. The molecule has 23 heavy (non-hydrogen) atoms. The number of nitrogens with one attached hydrogen (secondary N) is 3. The summed E-state index contributed by atoms with van der Waals surface area (Å²) in [7, 11) is 0. The molecule has 0 aliphatic rings. The predicted octanol–water partition coefficient (Wildman–Crippen LogP) is 5.30. The van der Waals surface area contributed by atoms with E-state index in [0.717, 1.165) is 46.4 Å². The third-order valence-electron chi connectivity index (χ3n) is 3.47. The van der Waals surface area contributed by atoms with E-state index < -0.39 is 0 Å². The number of aromatic amines is 1. The van der Waals surface area contributed by atoms with Crippen LogP contribution in [0.15, 0.2) is 54.6 Å². The Labute approximate surface area is 140 Å². The van der Waals surface area contributed by atoms with Gasteiger partial charge in [-0.05, 0) is 48.4 Å². The third-order valence-corrected chi connectivity index (χ3v) is 3.72. The van der Waals surface area contributed by atoms with E-state index in [-0.39, 0.29) is 0 Å². The van der Waals surface area contributed by atoms with Crippen molar-refractivity contribution in [1.29, 1.82) is 0 Å². The number of hydrogen-bond donors (Lipinski definition) is 3. The largest absolute Gasteiger partial charge is 0.385 e. The zero-order chi connectivity index (χ0) is 16.1. The Morgan fingerprint density at radius 3 is 2.39 bits per heavy atom. The molecule has 0 amide bonds. The van der Waals surface area contributed by atoms with Crippen LogP contribution < -0.4 is 10.6 Å². The molecule has 0 unspecified atom stereocenters. The van der Waals surface area contributed by atoms with Crippen LogP contribution in [0.3, 0.4) is 0 Å². The highest BCUT2D eigenvalue weighted by Gasteiger charge is 2.04. The van der Waals surface area contributed by atoms with Crippen molar-refractivity contribution in [2.24, 2.45) is 0 Å². The standard InChI is InChI=1S/C18H19ClN4/c1-2-11-20-15-7-9-16(10-8-15)21-18-12-17(22-23-18)13-3-5-14(19)6-4-13/h3-10,12,20H,2,11H2,1H3,(H2,21,22,23). The maximum atomic E-state index is 5.91. The number of nitrogens with zero attached hydrogens (tertiary/aromatic N) is 1. The van der Waals surface area contributed by atoms with E-state index in [1.165, 1.54) is 0 Å². The molecule has 3 N–H and O–H groups in total. The molecular weight excluding hydrogens is 308 g/mol. The molecule has 3 rings (SSSR count). The van der Waals surface area contributed by atoms with Gasteiger partial charge in [0.15, 0.2) is 5.82 Å². The Kier molecular flexibility index (Phi) is 4.83. The minimum absolute atomic E-state index is 0.725. The van der Waals surface area contributed by atoms with Crippen LogP contribution in [-0.2, 0) is 0 Å². The van der Waals surface area contributed by atoms with Crippen molar-refractivity contribution in [3.8, 4) is 11.3 Å². The first-order valence-corrected chi connectivity index (χ1v) is 8.04. The second kappa shape index (κ2) is 7.20. The van der Waals surface area contributed by atoms with Gasteiger partial charge in [0.25, 0.3) is 0 Å². The van der Waals surface area contributed by atoms with Crippen molar-refractivity contribution in [1.82, 2.24) is 10.2 Å². The average Bonchev–Trinajstić information content (AvgIpc) is 3.03. The number of rotatable bonds is 6. The quantitative estimate of drug-likeness (QED) is 0.576. The number of aromatic nitrogens is 2. The summed E-state index contributed by atoms with van der Waals surface area (Å²) in [4.78, 5) is 0. The summed E-state index contributed by atoms with van der Waals surface area (Å²) in [6.45, 7) is 3.13. The van der Waals surface area contributed by atoms with Gasteiger partial charge in [0.05, 0.1) is 5.69 Å². The molecule has 2 aromatic carbocycles. The van der Waals surface area contributed by atoms with Crippen LogP contribution in [0.1, 0.15) is 13.3 Å². The molecule has 3 aromatic rings. The van der Waals surface area contributed by atoms with E-state index in [9.17, 15) is 0 Å². The highest BCUT2D eigenvalue weighted by molar-refractivity contribution is 6.30. The molecule has 0 saturated heterocycles. The summed E-state index contributed by atoms with van der Waals surface area (Å²) < 4.78 is 0. The maximum absolute atomic E-state index is 5.91. The van der Waals surface area contributed by atoms with Crippen LogP contribution in [0.2, 0.25) is 5.02 Å². The lowest BCUT2D eigenvalue weighted by molar-refractivity contribution is 0.980. The lowest BCUT2D eigenvalue weighted by Gasteiger charge is -2.06. The van der Waals surface area contributed by atoms with Crippen molar-refractivity contribution in [2.75, 3.05) is 17.2 Å². The monoisotopic (exact) mass is 326 g/mol. The van der Waals surface area contributed by atoms with Crippen molar-refractivity contribution in [3.05, 3.63) is 59.6 Å². The van der Waals surface area contributed by atoms with Gasteiger partial charge in [-0.3, -0.25) is 5.10 Å². The zero-order valence-corrected chi connectivity index (χ0v) is 13.7. The van der Waals surface area contributed by atoms with Crippen molar-refractivity contribution >= 4 is 28.8 Å². The number of H-pyrrole nitrogens is 1. The van der Waals surface area contributed by atoms with Crippen LogP contribution in [0, 0.1) is 0 Å². The molecule has 5 heteroatoms. The van der Waals surface area contributed by atoms with Crippen LogP contribution in [0.4, 0.5) is 17.2 Å². The second-order valence-electron chi connectivity index (χ2n) is 5.30. The first kappa shape index (κ1) is 15.4. The highest BCUT2D eigenvalue weighted by Crippen LogP contribution is 2.24. The molecule has 1 aromatic heterocycles. The lowest BCUT2D eigenvalue weighted by Crippen LogP contribution is -1.99. The molecule has 1 heterocycles. The summed E-state index contributed by atoms with van der Waals surface area (Å²) in [6, 6.07) is 17.8. The van der Waals surface area contributed by atoms with E-state index in [2.05, 4.69) is 39.9 Å². The third kappa shape index (κ3) is 4.05. The second-order valence-corrected chi connectivity index (χ2v) is 5.74. The fourth-order valence-corrected chi connectivity index (χ4v) is 2.38. The summed E-state index contributed by atoms with van der Waals surface area (Å²) in [5.41, 5.74) is 4.13. The van der Waals surface area contributed by atoms with E-state index >= 15 is 0 Å². The molecule has 0 aliphatic heterocycles. The molecule has 0 atom stereocenters. The normalized spacial score (nSPS) is 10.5. The van der Waals surface area contributed by atoms with Crippen molar-refractivity contribution in [2.45, 2.75) is 13.3 Å². The van der Waals surface area contributed by atoms with Gasteiger partial charge in [0.1, 0.15) is 0 Å². The first-order valence-electron chi connectivity index (χ1n) is 7.67. The molecule has 0 fully saturated rings. The summed E-state index contributed by atoms with van der Waals surface area (Å²) >= 11 is 5.91. The topological polar surface area (TPSA) is 52.7 Å². The number of benzene rings is 2. The zero-order valence-electron chi connectivity index (χ0n) is 12.9. The predicted molar refractivity (Wildman–Crippen MR) is 97.5 cm³/mol. The highest BCUT2D eigenvalue weighted by atomic mass is 35.5. The van der Waals surface area contributed by atoms with Crippen LogP contribution in [0.25, 0.3) is 11.3 Å². The van der Waals surface area contributed by atoms with E-state index in [1.807, 2.05) is 42.5 Å². The van der Waals surface area contributed by atoms with Gasteiger partial charge in [-0.15, -0.1) is 0 Å². The molecule has 0 spiro atoms. The van der Waals surface area contributed by atoms with Gasteiger partial charge in [-0.1, -0.05) is 30.7 Å². The van der Waals surface area contributed by atoms with Gasteiger partial charge in [0.2, 0.25) is 0 Å². The number of halogens is 1. The minimum atomic E-state index is 0.725. The Balaban J connectivity index is 1.68. The molecule has 0 bridgehead atoms. The average molecular weight is 327 g/mol. The smallest absolute Gasteiger partial charge is 0.152 e. The van der Waals surface area contributed by atoms with Crippen molar-refractivity contribution < 1.29 is 0 Å². The Morgan fingerprint density at radius 1 is 1.00 bits per heavy atom. The minimum Gasteiger partial charge on any atom is -0.385 e. The first-order chi connectivity index (χ1) is 11.2. The van der Waals surface area contributed by atoms with Gasteiger partial charge < -0.3 is 10.6 Å². The van der Waals surface area contributed by atoms with Gasteiger partial charge in [-0.2, -0.15) is 5.10 Å². The molecule has 4 nitrogen and oxygen atoms in total. The van der Waals surface area contributed by atoms with Gasteiger partial charge in [-0.25, -0.2) is 0 Å². The fourth-order valence-electron chi connectivity index (χ4n) is 2.25. The molecule has 0 saturated carbocycles. The Bertz CT molecular complexity index is 747. The van der Waals surface area contributed by atoms with Crippen molar-refractivity contribution in [3.63, 3.8) is 0 Å². The lowest BCUT2D eigenvalue weighted by atomic mass is 10.1. The van der Waals surface area contributed by atoms with E-state index in [4.69, 9.17) is 11.6 Å². The summed E-state index contributed by atoms with van der Waals surface area (Å²) in [6.07, 6.45) is 1.11. The fraction of sp³-hybridized carbons (Fsp3) is 0.167. The van der Waals surface area contributed by atoms with E-state index in [1.54, 1.807) is 0 Å². The SMILES string of the molecule is CCCNc1ccc(Nc2cc(-c3ccc(Cl)cc3)[nH]n2)cc1. The molecule has 118 valence electrons. The Hall–Kier alpha value is -2.46.